The van der Waals surface area contributed by atoms with Crippen molar-refractivity contribution in [3.05, 3.63) is 0 Å². The summed E-state index contributed by atoms with van der Waals surface area (Å²) in [6.45, 7) is 9.05. The molecule has 0 fully saturated rings. The molecule has 0 rings (SSSR count). The molecule has 0 aromatic carbocycles. The molecule has 0 radical (unpaired) electrons. The number of hydrogen-bond acceptors (Lipinski definition) is 1. The highest BCUT2D eigenvalue weighted by molar-refractivity contribution is 7.17. The minimum atomic E-state index is 0. The lowest BCUT2D eigenvalue weighted by Crippen LogP contribution is -2.35. The van der Waals surface area contributed by atoms with Crippen molar-refractivity contribution in [3.8, 4) is 0 Å². The van der Waals surface area contributed by atoms with Crippen molar-refractivity contribution >= 4 is 21.6 Å². The average molecular weight is 311 g/mol. The number of unbranched alkanes of at least 4 members (excludes halogenated alkanes) is 3. The Balaban J connectivity index is 0. The fourth-order valence-corrected chi connectivity index (χ4v) is 2.74. The predicted octanol–water partition coefficient (Wildman–Crippen LogP) is 6.35. The van der Waals surface area contributed by atoms with Gasteiger partial charge < -0.3 is 4.74 Å². The molecule has 0 amide bonds. The summed E-state index contributed by atoms with van der Waals surface area (Å²) in [7, 11) is 2.87. The first-order valence-corrected chi connectivity index (χ1v) is 8.74. The van der Waals surface area contributed by atoms with E-state index in [-0.39, 0.29) is 18.0 Å². The lowest BCUT2D eigenvalue weighted by atomic mass is 9.85. The first-order valence-electron chi connectivity index (χ1n) is 8.07. The Labute approximate surface area is 130 Å². The SMILES string of the molecule is CCCCC(CCCC)(CCCC)OC(P)CC.Cl. The third kappa shape index (κ3) is 10.1. The van der Waals surface area contributed by atoms with Crippen LogP contribution in [0.2, 0.25) is 0 Å². The van der Waals surface area contributed by atoms with E-state index in [0.29, 0.717) is 5.85 Å². The summed E-state index contributed by atoms with van der Waals surface area (Å²) < 4.78 is 6.46. The molecule has 0 aromatic heterocycles. The van der Waals surface area contributed by atoms with E-state index in [0.717, 1.165) is 6.42 Å². The van der Waals surface area contributed by atoms with Crippen molar-refractivity contribution < 1.29 is 4.74 Å². The topological polar surface area (TPSA) is 9.23 Å². The highest BCUT2D eigenvalue weighted by Gasteiger charge is 2.30. The zero-order valence-corrected chi connectivity index (χ0v) is 15.5. The van der Waals surface area contributed by atoms with Gasteiger partial charge in [-0.1, -0.05) is 66.2 Å². The zero-order chi connectivity index (χ0) is 13.9. The van der Waals surface area contributed by atoms with Crippen molar-refractivity contribution in [3.63, 3.8) is 0 Å². The Hall–Kier alpha value is 0.680. The van der Waals surface area contributed by atoms with Crippen LogP contribution in [-0.2, 0) is 4.74 Å². The molecule has 0 bridgehead atoms. The Morgan fingerprint density at radius 2 is 1.21 bits per heavy atom. The number of halogens is 1. The Morgan fingerprint density at radius 3 is 1.47 bits per heavy atom. The minimum absolute atomic E-state index is 0. The van der Waals surface area contributed by atoms with Crippen LogP contribution in [0.15, 0.2) is 0 Å². The fraction of sp³-hybridized carbons (Fsp3) is 1.00. The molecule has 0 heterocycles. The fourth-order valence-electron chi connectivity index (χ4n) is 2.45. The molecule has 1 nitrogen and oxygen atoms in total. The van der Waals surface area contributed by atoms with Crippen molar-refractivity contribution in [2.24, 2.45) is 0 Å². The summed E-state index contributed by atoms with van der Waals surface area (Å²) in [6, 6.07) is 0. The first kappa shape index (κ1) is 22.0. The first-order chi connectivity index (χ1) is 8.64. The molecular weight excluding hydrogens is 275 g/mol. The number of ether oxygens (including phenoxy) is 1. The van der Waals surface area contributed by atoms with Crippen molar-refractivity contribution in [1.82, 2.24) is 0 Å². The summed E-state index contributed by atoms with van der Waals surface area (Å²) >= 11 is 0. The van der Waals surface area contributed by atoms with Gasteiger partial charge in [-0.25, -0.2) is 0 Å². The van der Waals surface area contributed by atoms with Gasteiger partial charge in [0, 0.05) is 0 Å². The maximum atomic E-state index is 6.46. The van der Waals surface area contributed by atoms with Gasteiger partial charge in [-0.05, 0) is 25.7 Å². The van der Waals surface area contributed by atoms with Gasteiger partial charge in [0.25, 0.3) is 0 Å². The molecule has 2 unspecified atom stereocenters. The van der Waals surface area contributed by atoms with Crippen LogP contribution in [0.4, 0.5) is 0 Å². The van der Waals surface area contributed by atoms with Gasteiger partial charge in [-0.2, -0.15) is 0 Å². The zero-order valence-electron chi connectivity index (χ0n) is 13.5. The van der Waals surface area contributed by atoms with E-state index >= 15 is 0 Å². The van der Waals surface area contributed by atoms with Crippen LogP contribution in [0.3, 0.4) is 0 Å². The molecule has 0 N–H and O–H groups in total. The number of hydrogen-bond donors (Lipinski definition) is 0. The average Bonchev–Trinajstić information content (AvgIpc) is 2.40. The lowest BCUT2D eigenvalue weighted by Gasteiger charge is -2.37. The second-order valence-electron chi connectivity index (χ2n) is 5.56. The summed E-state index contributed by atoms with van der Waals surface area (Å²) in [6.07, 6.45) is 12.6. The van der Waals surface area contributed by atoms with Crippen LogP contribution >= 0.6 is 21.6 Å². The van der Waals surface area contributed by atoms with Gasteiger partial charge >= 0.3 is 0 Å². The Morgan fingerprint density at radius 1 is 0.842 bits per heavy atom. The molecule has 19 heavy (non-hydrogen) atoms. The van der Waals surface area contributed by atoms with Gasteiger partial charge in [0.05, 0.1) is 11.4 Å². The van der Waals surface area contributed by atoms with Crippen molar-refractivity contribution in [2.45, 2.75) is 103 Å². The van der Waals surface area contributed by atoms with Gasteiger partial charge in [0.15, 0.2) is 0 Å². The monoisotopic (exact) mass is 310 g/mol. The van der Waals surface area contributed by atoms with Crippen LogP contribution < -0.4 is 0 Å². The molecule has 0 saturated heterocycles. The van der Waals surface area contributed by atoms with Gasteiger partial charge in [0.2, 0.25) is 0 Å². The molecule has 0 aliphatic rings. The second-order valence-corrected chi connectivity index (χ2v) is 6.30. The third-order valence-electron chi connectivity index (χ3n) is 3.76. The largest absolute Gasteiger partial charge is 0.368 e. The number of rotatable bonds is 12. The second kappa shape index (κ2) is 13.7. The Kier molecular flexibility index (Phi) is 15.8. The maximum absolute atomic E-state index is 6.46. The van der Waals surface area contributed by atoms with E-state index in [2.05, 4.69) is 36.9 Å². The van der Waals surface area contributed by atoms with Gasteiger partial charge in [-0.3, -0.25) is 0 Å². The molecule has 3 heteroatoms. The van der Waals surface area contributed by atoms with Crippen LogP contribution in [0.5, 0.6) is 0 Å². The van der Waals surface area contributed by atoms with Crippen LogP contribution in [-0.4, -0.2) is 11.4 Å². The van der Waals surface area contributed by atoms with E-state index < -0.39 is 0 Å². The molecule has 2 atom stereocenters. The normalized spacial score (nSPS) is 13.1. The van der Waals surface area contributed by atoms with E-state index in [1.165, 1.54) is 57.8 Å². The molecule has 0 saturated carbocycles. The van der Waals surface area contributed by atoms with Crippen molar-refractivity contribution in [1.29, 1.82) is 0 Å². The van der Waals surface area contributed by atoms with E-state index in [1.807, 2.05) is 0 Å². The van der Waals surface area contributed by atoms with Crippen molar-refractivity contribution in [2.75, 3.05) is 0 Å². The van der Waals surface area contributed by atoms with Gasteiger partial charge in [-0.15, -0.1) is 21.6 Å². The van der Waals surface area contributed by atoms with Gasteiger partial charge in [0.1, 0.15) is 0 Å². The van der Waals surface area contributed by atoms with Crippen LogP contribution in [0.25, 0.3) is 0 Å². The summed E-state index contributed by atoms with van der Waals surface area (Å²) in [5, 5.41) is 0. The van der Waals surface area contributed by atoms with Crippen LogP contribution in [0, 0.1) is 0 Å². The molecule has 0 aromatic rings. The lowest BCUT2D eigenvalue weighted by molar-refractivity contribution is -0.0813. The van der Waals surface area contributed by atoms with E-state index in [9.17, 15) is 0 Å². The van der Waals surface area contributed by atoms with Crippen LogP contribution in [0.1, 0.15) is 91.9 Å². The molecule has 118 valence electrons. The van der Waals surface area contributed by atoms with E-state index in [1.54, 1.807) is 0 Å². The third-order valence-corrected chi connectivity index (χ3v) is 4.37. The molecule has 0 spiro atoms. The quantitative estimate of drug-likeness (QED) is 0.382. The Bertz CT molecular complexity index is 166. The summed E-state index contributed by atoms with van der Waals surface area (Å²) in [5.41, 5.74) is 0.157. The molecule has 0 aliphatic carbocycles. The minimum Gasteiger partial charge on any atom is -0.368 e. The predicted molar refractivity (Wildman–Crippen MR) is 93.4 cm³/mol. The maximum Gasteiger partial charge on any atom is 0.0713 e. The standard InChI is InChI=1S/C16H35OP.ClH/c1-5-9-12-16(13-10-6-2,14-11-7-3)17-15(18)8-4;/h15H,5-14,18H2,1-4H3;1H. The highest BCUT2D eigenvalue weighted by Crippen LogP contribution is 2.34. The highest BCUT2D eigenvalue weighted by atomic mass is 35.5. The summed E-state index contributed by atoms with van der Waals surface area (Å²) in [4.78, 5) is 0. The molecule has 0 aliphatic heterocycles. The summed E-state index contributed by atoms with van der Waals surface area (Å²) in [5.74, 6) is 0.329. The smallest absolute Gasteiger partial charge is 0.0713 e. The molecular formula is C16H36ClOP. The van der Waals surface area contributed by atoms with E-state index in [4.69, 9.17) is 4.74 Å².